The number of H-pyrrole nitrogens is 1. The molecule has 0 bridgehead atoms. The van der Waals surface area contributed by atoms with Gasteiger partial charge in [-0.1, -0.05) is 12.1 Å². The van der Waals surface area contributed by atoms with Gasteiger partial charge in [-0.25, -0.2) is 8.42 Å². The lowest BCUT2D eigenvalue weighted by Gasteiger charge is -2.10. The smallest absolute Gasteiger partial charge is 0.257 e. The first-order valence-electron chi connectivity index (χ1n) is 6.58. The van der Waals surface area contributed by atoms with Crippen LogP contribution in [-0.2, 0) is 9.84 Å². The van der Waals surface area contributed by atoms with Gasteiger partial charge in [-0.05, 0) is 18.6 Å². The number of benzene rings is 1. The molecule has 1 aromatic carbocycles. The van der Waals surface area contributed by atoms with E-state index >= 15 is 0 Å². The Balaban J connectivity index is 1.89. The molecule has 1 fully saturated rings. The first kappa shape index (κ1) is 13.8. The van der Waals surface area contributed by atoms with E-state index in [0.29, 0.717) is 17.3 Å². The van der Waals surface area contributed by atoms with Crippen LogP contribution in [0.25, 0.3) is 10.9 Å². The lowest BCUT2D eigenvalue weighted by molar-refractivity contribution is 0.0940. The van der Waals surface area contributed by atoms with Gasteiger partial charge in [-0.15, -0.1) is 0 Å². The van der Waals surface area contributed by atoms with Crippen molar-refractivity contribution in [2.75, 3.05) is 11.5 Å². The van der Waals surface area contributed by atoms with Crippen molar-refractivity contribution in [3.05, 3.63) is 46.2 Å². The summed E-state index contributed by atoms with van der Waals surface area (Å²) in [4.78, 5) is 27.3. The van der Waals surface area contributed by atoms with E-state index in [4.69, 9.17) is 0 Å². The van der Waals surface area contributed by atoms with E-state index in [9.17, 15) is 18.0 Å². The van der Waals surface area contributed by atoms with Crippen molar-refractivity contribution in [1.29, 1.82) is 0 Å². The normalized spacial score (nSPS) is 20.5. The summed E-state index contributed by atoms with van der Waals surface area (Å²) in [5, 5.41) is 3.05. The number of rotatable bonds is 2. The van der Waals surface area contributed by atoms with Gasteiger partial charge >= 0.3 is 0 Å². The van der Waals surface area contributed by atoms with Crippen LogP contribution in [0.1, 0.15) is 16.8 Å². The Labute approximate surface area is 121 Å². The van der Waals surface area contributed by atoms with Gasteiger partial charge in [0.2, 0.25) is 5.43 Å². The molecule has 1 aliphatic heterocycles. The fraction of sp³-hybridized carbons (Fsp3) is 0.286. The molecule has 1 amide bonds. The molecule has 1 aromatic heterocycles. The highest BCUT2D eigenvalue weighted by Crippen LogP contribution is 2.12. The molecule has 2 N–H and O–H groups in total. The number of pyridine rings is 1. The SMILES string of the molecule is O=C(N[C@@H]1CCS(=O)(=O)C1)c1c[nH]c2ccccc2c1=O. The molecule has 0 unspecified atom stereocenters. The third kappa shape index (κ3) is 2.69. The van der Waals surface area contributed by atoms with E-state index in [1.54, 1.807) is 24.3 Å². The molecule has 1 atom stereocenters. The number of carbonyl (C=O) groups excluding carboxylic acids is 1. The Morgan fingerprint density at radius 2 is 2.05 bits per heavy atom. The maximum Gasteiger partial charge on any atom is 0.257 e. The minimum Gasteiger partial charge on any atom is -0.360 e. The molecule has 110 valence electrons. The topological polar surface area (TPSA) is 96.1 Å². The molecule has 0 spiro atoms. The number of amides is 1. The summed E-state index contributed by atoms with van der Waals surface area (Å²) in [5.41, 5.74) is 0.295. The van der Waals surface area contributed by atoms with Crippen molar-refractivity contribution in [1.82, 2.24) is 10.3 Å². The van der Waals surface area contributed by atoms with E-state index in [-0.39, 0.29) is 22.5 Å². The summed E-state index contributed by atoms with van der Waals surface area (Å²) in [6.45, 7) is 0. The molecule has 1 saturated heterocycles. The summed E-state index contributed by atoms with van der Waals surface area (Å²) in [7, 11) is -3.07. The average molecular weight is 306 g/mol. The van der Waals surface area contributed by atoms with Gasteiger partial charge in [0.25, 0.3) is 5.91 Å². The van der Waals surface area contributed by atoms with Crippen LogP contribution in [-0.4, -0.2) is 36.9 Å². The average Bonchev–Trinajstić information content (AvgIpc) is 2.78. The zero-order chi connectivity index (χ0) is 15.0. The van der Waals surface area contributed by atoms with Gasteiger partial charge in [0.15, 0.2) is 9.84 Å². The number of para-hydroxylation sites is 1. The van der Waals surface area contributed by atoms with Crippen LogP contribution in [0, 0.1) is 0 Å². The predicted octanol–water partition coefficient (Wildman–Crippen LogP) is 0.445. The highest BCUT2D eigenvalue weighted by atomic mass is 32.2. The fourth-order valence-corrected chi connectivity index (χ4v) is 4.18. The second-order valence-electron chi connectivity index (χ2n) is 5.15. The summed E-state index contributed by atoms with van der Waals surface area (Å²) in [5.74, 6) is -0.528. The van der Waals surface area contributed by atoms with Gasteiger partial charge in [0.05, 0.1) is 11.5 Å². The summed E-state index contributed by atoms with van der Waals surface area (Å²) < 4.78 is 22.8. The van der Waals surface area contributed by atoms with Gasteiger partial charge in [-0.3, -0.25) is 9.59 Å². The van der Waals surface area contributed by atoms with Crippen LogP contribution in [0.5, 0.6) is 0 Å². The van der Waals surface area contributed by atoms with Gasteiger partial charge in [0, 0.05) is 23.1 Å². The molecule has 21 heavy (non-hydrogen) atoms. The van der Waals surface area contributed by atoms with Crippen LogP contribution in [0.4, 0.5) is 0 Å². The lowest BCUT2D eigenvalue weighted by Crippen LogP contribution is -2.38. The van der Waals surface area contributed by atoms with Crippen molar-refractivity contribution < 1.29 is 13.2 Å². The number of aromatic amines is 1. The highest BCUT2D eigenvalue weighted by molar-refractivity contribution is 7.91. The Morgan fingerprint density at radius 3 is 2.76 bits per heavy atom. The van der Waals surface area contributed by atoms with Crippen LogP contribution in [0.3, 0.4) is 0 Å². The molecule has 0 radical (unpaired) electrons. The zero-order valence-electron chi connectivity index (χ0n) is 11.1. The van der Waals surface area contributed by atoms with E-state index in [2.05, 4.69) is 10.3 Å². The molecule has 2 aromatic rings. The molecular weight excluding hydrogens is 292 g/mol. The fourth-order valence-electron chi connectivity index (χ4n) is 2.51. The van der Waals surface area contributed by atoms with Crippen molar-refractivity contribution in [2.24, 2.45) is 0 Å². The predicted molar refractivity (Wildman–Crippen MR) is 79.1 cm³/mol. The number of nitrogens with one attached hydrogen (secondary N) is 2. The number of fused-ring (bicyclic) bond motifs is 1. The van der Waals surface area contributed by atoms with Crippen LogP contribution >= 0.6 is 0 Å². The second kappa shape index (κ2) is 5.00. The molecule has 0 saturated carbocycles. The minimum absolute atomic E-state index is 0.00185. The first-order chi connectivity index (χ1) is 9.96. The third-order valence-corrected chi connectivity index (χ3v) is 5.37. The van der Waals surface area contributed by atoms with Crippen molar-refractivity contribution in [3.63, 3.8) is 0 Å². The molecule has 6 nitrogen and oxygen atoms in total. The third-order valence-electron chi connectivity index (χ3n) is 3.60. The zero-order valence-corrected chi connectivity index (χ0v) is 11.9. The van der Waals surface area contributed by atoms with E-state index in [0.717, 1.165) is 0 Å². The van der Waals surface area contributed by atoms with E-state index < -0.39 is 21.8 Å². The summed E-state index contributed by atoms with van der Waals surface area (Å²) >= 11 is 0. The number of sulfone groups is 1. The van der Waals surface area contributed by atoms with Crippen molar-refractivity contribution in [3.8, 4) is 0 Å². The lowest BCUT2D eigenvalue weighted by atomic mass is 10.1. The minimum atomic E-state index is -3.07. The Morgan fingerprint density at radius 1 is 1.29 bits per heavy atom. The Hall–Kier alpha value is -2.15. The molecule has 3 rings (SSSR count). The summed E-state index contributed by atoms with van der Waals surface area (Å²) in [6, 6.07) is 6.49. The van der Waals surface area contributed by atoms with Crippen LogP contribution < -0.4 is 10.7 Å². The number of carbonyl (C=O) groups is 1. The maximum absolute atomic E-state index is 12.3. The highest BCUT2D eigenvalue weighted by Gasteiger charge is 2.29. The summed E-state index contributed by atoms with van der Waals surface area (Å²) in [6.07, 6.45) is 1.75. The quantitative estimate of drug-likeness (QED) is 0.841. The Bertz CT molecular complexity index is 870. The van der Waals surface area contributed by atoms with Crippen LogP contribution in [0.15, 0.2) is 35.3 Å². The van der Waals surface area contributed by atoms with Crippen molar-refractivity contribution in [2.45, 2.75) is 12.5 Å². The molecular formula is C14H14N2O4S. The Kier molecular flexibility index (Phi) is 3.29. The van der Waals surface area contributed by atoms with E-state index in [1.165, 1.54) is 6.20 Å². The molecule has 2 heterocycles. The largest absolute Gasteiger partial charge is 0.360 e. The number of hydrogen-bond donors (Lipinski definition) is 2. The van der Waals surface area contributed by atoms with Crippen LogP contribution in [0.2, 0.25) is 0 Å². The van der Waals surface area contributed by atoms with Gasteiger partial charge in [-0.2, -0.15) is 0 Å². The monoisotopic (exact) mass is 306 g/mol. The molecule has 0 aliphatic carbocycles. The first-order valence-corrected chi connectivity index (χ1v) is 8.40. The second-order valence-corrected chi connectivity index (χ2v) is 7.38. The van der Waals surface area contributed by atoms with Gasteiger partial charge in [0.1, 0.15) is 5.56 Å². The molecule has 1 aliphatic rings. The van der Waals surface area contributed by atoms with Gasteiger partial charge < -0.3 is 10.3 Å². The molecule has 7 heteroatoms. The maximum atomic E-state index is 12.3. The van der Waals surface area contributed by atoms with E-state index in [1.807, 2.05) is 0 Å². The standard InChI is InChI=1S/C14H14N2O4S/c17-13-10-3-1-2-4-12(10)15-7-11(13)14(18)16-9-5-6-21(19,20)8-9/h1-4,7,9H,5-6,8H2,(H,15,17)(H,16,18)/t9-/m1/s1. The number of hydrogen-bond acceptors (Lipinski definition) is 4. The number of aromatic nitrogens is 1. The van der Waals surface area contributed by atoms with Crippen molar-refractivity contribution >= 4 is 26.6 Å².